The van der Waals surface area contributed by atoms with Crippen molar-refractivity contribution in [1.29, 1.82) is 0 Å². The smallest absolute Gasteiger partial charge is 0.254 e. The van der Waals surface area contributed by atoms with Crippen molar-refractivity contribution in [3.05, 3.63) is 77.6 Å². The van der Waals surface area contributed by atoms with E-state index in [0.717, 1.165) is 36.3 Å². The Balaban J connectivity index is 1.12. The topological polar surface area (TPSA) is 130 Å². The van der Waals surface area contributed by atoms with Crippen LogP contribution in [-0.2, 0) is 17.7 Å². The van der Waals surface area contributed by atoms with Crippen LogP contribution in [0.1, 0.15) is 21.5 Å². The summed E-state index contributed by atoms with van der Waals surface area (Å²) in [4.78, 5) is 43.7. The highest BCUT2D eigenvalue weighted by Crippen LogP contribution is 2.40. The van der Waals surface area contributed by atoms with Gasteiger partial charge >= 0.3 is 0 Å². The highest BCUT2D eigenvalue weighted by atomic mass is 19.1. The number of halogens is 1. The third-order valence-corrected chi connectivity index (χ3v) is 8.33. The van der Waals surface area contributed by atoms with Crippen molar-refractivity contribution >= 4 is 29.3 Å². The van der Waals surface area contributed by atoms with Gasteiger partial charge < -0.3 is 25.2 Å². The third-order valence-electron chi connectivity index (χ3n) is 8.33. The number of carbonyl (C=O) groups is 1. The Morgan fingerprint density at radius 2 is 1.75 bits per heavy atom. The highest BCUT2D eigenvalue weighted by Gasteiger charge is 2.31. The molecule has 2 N–H and O–H groups in total. The Hall–Kier alpha value is -4.75. The lowest BCUT2D eigenvalue weighted by atomic mass is 10.1. The second kappa shape index (κ2) is 12.1. The molecule has 12 nitrogen and oxygen atoms in total. The molecule has 3 aromatic heterocycles. The number of hydrogen-bond acceptors (Lipinski definition) is 11. The molecule has 7 rings (SSSR count). The van der Waals surface area contributed by atoms with Crippen LogP contribution in [0.25, 0.3) is 11.3 Å². The van der Waals surface area contributed by atoms with Crippen molar-refractivity contribution in [2.75, 3.05) is 74.6 Å². The maximum absolute atomic E-state index is 15.8. The monoisotopic (exact) mass is 596 g/mol. The Kier molecular flexibility index (Phi) is 7.71. The summed E-state index contributed by atoms with van der Waals surface area (Å²) in [5.74, 6) is 0.721. The van der Waals surface area contributed by atoms with E-state index in [1.807, 2.05) is 17.2 Å². The normalized spacial score (nSPS) is 17.2. The summed E-state index contributed by atoms with van der Waals surface area (Å²) in [6, 6.07) is 8.71. The van der Waals surface area contributed by atoms with Gasteiger partial charge in [-0.1, -0.05) is 6.07 Å². The Labute approximate surface area is 254 Å². The maximum atomic E-state index is 15.8. The second-order valence-electron chi connectivity index (χ2n) is 11.1. The number of rotatable bonds is 6. The molecular formula is C31H33FN10O2. The zero-order chi connectivity index (χ0) is 30.0. The number of morpholine rings is 1. The predicted octanol–water partition coefficient (Wildman–Crippen LogP) is 2.54. The summed E-state index contributed by atoms with van der Waals surface area (Å²) >= 11 is 0. The van der Waals surface area contributed by atoms with Crippen LogP contribution in [0.3, 0.4) is 0 Å². The van der Waals surface area contributed by atoms with Gasteiger partial charge in [0, 0.05) is 93.8 Å². The fourth-order valence-electron chi connectivity index (χ4n) is 5.98. The molecule has 0 saturated carbocycles. The molecule has 1 aromatic carbocycles. The molecule has 226 valence electrons. The number of benzene rings is 1. The molecule has 44 heavy (non-hydrogen) atoms. The van der Waals surface area contributed by atoms with Crippen LogP contribution in [-0.4, -0.2) is 99.7 Å². The number of nitrogens with two attached hydrogens (primary N) is 1. The summed E-state index contributed by atoms with van der Waals surface area (Å²) in [5.41, 5.74) is 9.89. The number of pyridine rings is 1. The number of anilines is 4. The van der Waals surface area contributed by atoms with Crippen LogP contribution in [0, 0.1) is 5.82 Å². The molecule has 0 unspecified atom stereocenters. The molecule has 3 aliphatic heterocycles. The van der Waals surface area contributed by atoms with E-state index in [-0.39, 0.29) is 11.9 Å². The molecule has 1 amide bonds. The molecule has 0 spiro atoms. The van der Waals surface area contributed by atoms with E-state index in [2.05, 4.69) is 30.8 Å². The first-order valence-electron chi connectivity index (χ1n) is 14.8. The first-order valence-corrected chi connectivity index (χ1v) is 14.8. The average Bonchev–Trinajstić information content (AvgIpc) is 3.49. The Morgan fingerprint density at radius 1 is 0.955 bits per heavy atom. The molecule has 2 fully saturated rings. The number of hydrogen-bond donors (Lipinski definition) is 1. The number of ether oxygens (including phenoxy) is 1. The zero-order valence-electron chi connectivity index (χ0n) is 24.3. The molecule has 0 atom stereocenters. The molecule has 0 radical (unpaired) electrons. The minimum Gasteiger partial charge on any atom is -0.378 e. The van der Waals surface area contributed by atoms with Gasteiger partial charge in [-0.3, -0.25) is 14.7 Å². The predicted molar refractivity (Wildman–Crippen MR) is 163 cm³/mol. The minimum absolute atomic E-state index is 0.166. The van der Waals surface area contributed by atoms with Crippen molar-refractivity contribution < 1.29 is 13.9 Å². The van der Waals surface area contributed by atoms with Gasteiger partial charge in [-0.15, -0.1) is 0 Å². The molecule has 3 aliphatic rings. The minimum atomic E-state index is -0.470. The van der Waals surface area contributed by atoms with E-state index in [4.69, 9.17) is 20.4 Å². The fraction of sp³-hybridized carbons (Fsp3) is 0.355. The SMILES string of the molecule is Nc1ncc(-c2nc(N3CCOCC3)nc3c2CCN3c2ccc(C(=O)N3CCN(Cc4cccnc4)CC3)cc2F)cn1. The first kappa shape index (κ1) is 28.0. The summed E-state index contributed by atoms with van der Waals surface area (Å²) in [6.07, 6.45) is 7.54. The summed E-state index contributed by atoms with van der Waals surface area (Å²) in [5, 5.41) is 0. The molecular weight excluding hydrogens is 563 g/mol. The van der Waals surface area contributed by atoms with Crippen molar-refractivity contribution in [3.63, 3.8) is 0 Å². The number of nitrogen functional groups attached to an aromatic ring is 1. The molecule has 2 saturated heterocycles. The molecule has 0 bridgehead atoms. The van der Waals surface area contributed by atoms with Crippen molar-refractivity contribution in [2.45, 2.75) is 13.0 Å². The van der Waals surface area contributed by atoms with Crippen LogP contribution in [0.15, 0.2) is 55.1 Å². The number of aromatic nitrogens is 5. The molecule has 4 aromatic rings. The highest BCUT2D eigenvalue weighted by molar-refractivity contribution is 5.95. The molecule has 6 heterocycles. The van der Waals surface area contributed by atoms with Gasteiger partial charge in [0.05, 0.1) is 24.6 Å². The largest absolute Gasteiger partial charge is 0.378 e. The third kappa shape index (κ3) is 5.63. The van der Waals surface area contributed by atoms with E-state index < -0.39 is 5.82 Å². The number of carbonyl (C=O) groups excluding carboxylic acids is 1. The Morgan fingerprint density at radius 3 is 2.48 bits per heavy atom. The lowest BCUT2D eigenvalue weighted by Crippen LogP contribution is -2.48. The lowest BCUT2D eigenvalue weighted by Gasteiger charge is -2.34. The molecule has 13 heteroatoms. The van der Waals surface area contributed by atoms with Gasteiger partial charge in [0.25, 0.3) is 5.91 Å². The van der Waals surface area contributed by atoms with Crippen molar-refractivity contribution in [3.8, 4) is 11.3 Å². The maximum Gasteiger partial charge on any atom is 0.254 e. The van der Waals surface area contributed by atoms with E-state index >= 15 is 4.39 Å². The van der Waals surface area contributed by atoms with E-state index in [0.29, 0.717) is 81.1 Å². The standard InChI is InChI=1S/C31H33FN10O2/c32-25-16-22(29(43)40-10-8-39(9-11-40)20-21-2-1-6-34-17-21)3-4-26(25)42-7-5-24-27(23-18-35-30(33)36-19-23)37-31(38-28(24)42)41-12-14-44-15-13-41/h1-4,6,16-19H,5,7-15,20H2,(H2,33,35,36). The Bertz CT molecular complexity index is 1640. The van der Waals surface area contributed by atoms with Crippen molar-refractivity contribution in [1.82, 2.24) is 34.7 Å². The van der Waals surface area contributed by atoms with E-state index in [1.165, 1.54) is 6.07 Å². The zero-order valence-corrected chi connectivity index (χ0v) is 24.3. The van der Waals surface area contributed by atoms with Gasteiger partial charge in [-0.2, -0.15) is 4.98 Å². The summed E-state index contributed by atoms with van der Waals surface area (Å²) < 4.78 is 21.3. The van der Waals surface area contributed by atoms with Crippen LogP contribution in [0.5, 0.6) is 0 Å². The first-order chi connectivity index (χ1) is 21.5. The number of nitrogens with zero attached hydrogens (tertiary/aromatic N) is 9. The lowest BCUT2D eigenvalue weighted by molar-refractivity contribution is 0.0628. The number of fused-ring (bicyclic) bond motifs is 1. The molecule has 0 aliphatic carbocycles. The van der Waals surface area contributed by atoms with Gasteiger partial charge in [0.15, 0.2) is 0 Å². The van der Waals surface area contributed by atoms with Crippen LogP contribution < -0.4 is 15.5 Å². The van der Waals surface area contributed by atoms with Crippen molar-refractivity contribution in [2.24, 2.45) is 0 Å². The number of piperazine rings is 1. The van der Waals surface area contributed by atoms with E-state index in [9.17, 15) is 4.79 Å². The fourth-order valence-corrected chi connectivity index (χ4v) is 5.98. The second-order valence-corrected chi connectivity index (χ2v) is 11.1. The van der Waals surface area contributed by atoms with Crippen LogP contribution >= 0.6 is 0 Å². The quantitative estimate of drug-likeness (QED) is 0.353. The summed E-state index contributed by atoms with van der Waals surface area (Å²) in [6.45, 7) is 6.43. The van der Waals surface area contributed by atoms with Crippen LogP contribution in [0.2, 0.25) is 0 Å². The van der Waals surface area contributed by atoms with Gasteiger partial charge in [0.2, 0.25) is 11.9 Å². The number of amides is 1. The van der Waals surface area contributed by atoms with Gasteiger partial charge in [0.1, 0.15) is 11.6 Å². The van der Waals surface area contributed by atoms with E-state index in [1.54, 1.807) is 35.6 Å². The summed E-state index contributed by atoms with van der Waals surface area (Å²) in [7, 11) is 0. The van der Waals surface area contributed by atoms with Crippen LogP contribution in [0.4, 0.5) is 27.8 Å². The average molecular weight is 597 g/mol. The van der Waals surface area contributed by atoms with Gasteiger partial charge in [-0.05, 0) is 36.2 Å². The van der Waals surface area contributed by atoms with Gasteiger partial charge in [-0.25, -0.2) is 19.3 Å².